The van der Waals surface area contributed by atoms with Crippen molar-refractivity contribution in [3.05, 3.63) is 59.7 Å². The van der Waals surface area contributed by atoms with Crippen LogP contribution in [-0.2, 0) is 33.3 Å². The Balaban J connectivity index is 1.43. The summed E-state index contributed by atoms with van der Waals surface area (Å²) in [6.45, 7) is 3.60. The van der Waals surface area contributed by atoms with Gasteiger partial charge in [0, 0.05) is 11.8 Å². The van der Waals surface area contributed by atoms with Crippen molar-refractivity contribution >= 4 is 20.2 Å². The van der Waals surface area contributed by atoms with Crippen LogP contribution in [-0.4, -0.2) is 42.3 Å². The second-order valence-electron chi connectivity index (χ2n) is 8.22. The lowest BCUT2D eigenvalue weighted by atomic mass is 9.80. The Morgan fingerprint density at radius 3 is 1.42 bits per heavy atom. The Bertz CT molecular complexity index is 1030. The lowest BCUT2D eigenvalue weighted by molar-refractivity contribution is 0.0791. The Hall–Kier alpha value is -1.78. The molecule has 9 heteroatoms. The molecule has 0 N–H and O–H groups in total. The highest BCUT2D eigenvalue weighted by molar-refractivity contribution is 7.87. The van der Waals surface area contributed by atoms with E-state index in [2.05, 4.69) is 0 Å². The number of hydrogen-bond acceptors (Lipinski definition) is 7. The Kier molecular flexibility index (Phi) is 6.24. The van der Waals surface area contributed by atoms with Crippen molar-refractivity contribution in [2.24, 2.45) is 11.8 Å². The van der Waals surface area contributed by atoms with E-state index in [9.17, 15) is 16.8 Å². The zero-order chi connectivity index (χ0) is 22.2. The smallest absolute Gasteiger partial charge is 0.296 e. The number of hydrogen-bond donors (Lipinski definition) is 0. The van der Waals surface area contributed by atoms with Gasteiger partial charge in [-0.3, -0.25) is 8.37 Å². The molecule has 0 spiro atoms. The van der Waals surface area contributed by atoms with Crippen LogP contribution in [0.3, 0.4) is 0 Å². The third kappa shape index (κ3) is 4.85. The molecule has 2 heterocycles. The molecule has 0 unspecified atom stereocenters. The van der Waals surface area contributed by atoms with Crippen LogP contribution in [0.1, 0.15) is 24.0 Å². The summed E-state index contributed by atoms with van der Waals surface area (Å²) in [6.07, 6.45) is 1.28. The summed E-state index contributed by atoms with van der Waals surface area (Å²) in [7, 11) is -7.82. The van der Waals surface area contributed by atoms with Gasteiger partial charge in [0.1, 0.15) is 0 Å². The fourth-order valence-electron chi connectivity index (χ4n) is 4.21. The average molecular weight is 467 g/mol. The lowest BCUT2D eigenvalue weighted by Crippen LogP contribution is -2.35. The SMILES string of the molecule is Cc1ccc(S(=O)(=O)OC[C@@H]2[C@H](COS(=O)(=O)c3ccc(C)cc3)[C@H]3CC[C@H]2O3)cc1. The molecule has 7 nitrogen and oxygen atoms in total. The first kappa shape index (κ1) is 22.4. The number of ether oxygens (including phenoxy) is 1. The van der Waals surface area contributed by atoms with Crippen molar-refractivity contribution in [2.75, 3.05) is 13.2 Å². The molecule has 2 bridgehead atoms. The first-order valence-electron chi connectivity index (χ1n) is 10.2. The monoisotopic (exact) mass is 466 g/mol. The van der Waals surface area contributed by atoms with Crippen molar-refractivity contribution in [3.8, 4) is 0 Å². The minimum absolute atomic E-state index is 0.0734. The fourth-order valence-corrected chi connectivity index (χ4v) is 6.10. The second kappa shape index (κ2) is 8.63. The van der Waals surface area contributed by atoms with Gasteiger partial charge in [-0.25, -0.2) is 0 Å². The van der Waals surface area contributed by atoms with E-state index in [1.165, 1.54) is 24.3 Å². The van der Waals surface area contributed by atoms with Crippen LogP contribution in [0.25, 0.3) is 0 Å². The van der Waals surface area contributed by atoms with Crippen LogP contribution < -0.4 is 0 Å². The van der Waals surface area contributed by atoms with E-state index >= 15 is 0 Å². The van der Waals surface area contributed by atoms with Crippen LogP contribution >= 0.6 is 0 Å². The summed E-state index contributed by atoms with van der Waals surface area (Å²) in [4.78, 5) is 0.189. The quantitative estimate of drug-likeness (QED) is 0.551. The van der Waals surface area contributed by atoms with E-state index in [-0.39, 0.29) is 47.0 Å². The topological polar surface area (TPSA) is 96.0 Å². The minimum Gasteiger partial charge on any atom is -0.374 e. The maximum absolute atomic E-state index is 12.6. The maximum atomic E-state index is 12.6. The third-order valence-electron chi connectivity index (χ3n) is 6.04. The molecule has 4 atom stereocenters. The average Bonchev–Trinajstić information content (AvgIpc) is 3.33. The maximum Gasteiger partial charge on any atom is 0.296 e. The van der Waals surface area contributed by atoms with Gasteiger partial charge in [-0.2, -0.15) is 16.8 Å². The summed E-state index contributed by atoms with van der Waals surface area (Å²) >= 11 is 0. The molecule has 0 aromatic heterocycles. The van der Waals surface area contributed by atoms with Crippen LogP contribution in [0.4, 0.5) is 0 Å². The normalized spacial score (nSPS) is 25.7. The van der Waals surface area contributed by atoms with Crippen molar-refractivity contribution in [1.29, 1.82) is 0 Å². The molecule has 2 aliphatic heterocycles. The largest absolute Gasteiger partial charge is 0.374 e. The van der Waals surface area contributed by atoms with Gasteiger partial charge in [0.05, 0.1) is 35.2 Å². The highest BCUT2D eigenvalue weighted by Crippen LogP contribution is 2.44. The number of benzene rings is 2. The van der Waals surface area contributed by atoms with Gasteiger partial charge in [0.2, 0.25) is 0 Å². The summed E-state index contributed by atoms with van der Waals surface area (Å²) in [5, 5.41) is 0. The Morgan fingerprint density at radius 1 is 0.710 bits per heavy atom. The van der Waals surface area contributed by atoms with Crippen LogP contribution in [0, 0.1) is 25.7 Å². The van der Waals surface area contributed by atoms with Crippen molar-refractivity contribution in [2.45, 2.75) is 48.7 Å². The highest BCUT2D eigenvalue weighted by atomic mass is 32.2. The predicted octanol–water partition coefficient (Wildman–Crippen LogP) is 3.21. The van der Waals surface area contributed by atoms with E-state index in [0.29, 0.717) is 0 Å². The van der Waals surface area contributed by atoms with Crippen molar-refractivity contribution < 1.29 is 29.9 Å². The molecule has 0 saturated carbocycles. The zero-order valence-corrected chi connectivity index (χ0v) is 19.1. The predicted molar refractivity (Wildman–Crippen MR) is 114 cm³/mol. The van der Waals surface area contributed by atoms with E-state index in [1.54, 1.807) is 24.3 Å². The highest BCUT2D eigenvalue weighted by Gasteiger charge is 2.50. The van der Waals surface area contributed by atoms with E-state index < -0.39 is 20.2 Å². The van der Waals surface area contributed by atoms with Gasteiger partial charge in [0.15, 0.2) is 0 Å². The standard InChI is InChI=1S/C22H26O7S2/c1-15-3-7-17(8-4-15)30(23,24)27-13-19-20(22-12-11-21(19)29-22)14-28-31(25,26)18-9-5-16(2)6-10-18/h3-10,19-22H,11-14H2,1-2H3/t19-,20+,21-,22-/m1/s1. The van der Waals surface area contributed by atoms with Crippen LogP contribution in [0.2, 0.25) is 0 Å². The summed E-state index contributed by atoms with van der Waals surface area (Å²) in [6, 6.07) is 12.9. The summed E-state index contributed by atoms with van der Waals surface area (Å²) in [5.74, 6) is -0.514. The molecule has 0 radical (unpaired) electrons. The minimum atomic E-state index is -3.91. The number of fused-ring (bicyclic) bond motifs is 2. The first-order chi connectivity index (χ1) is 14.7. The van der Waals surface area contributed by atoms with Crippen LogP contribution in [0.5, 0.6) is 0 Å². The fraction of sp³-hybridized carbons (Fsp3) is 0.455. The van der Waals surface area contributed by atoms with Crippen molar-refractivity contribution in [3.63, 3.8) is 0 Å². The van der Waals surface area contributed by atoms with E-state index in [0.717, 1.165) is 24.0 Å². The summed E-state index contributed by atoms with van der Waals surface area (Å²) < 4.78 is 66.8. The molecule has 2 saturated heterocycles. The number of rotatable bonds is 8. The van der Waals surface area contributed by atoms with E-state index in [4.69, 9.17) is 13.1 Å². The van der Waals surface area contributed by atoms with Gasteiger partial charge in [0.25, 0.3) is 20.2 Å². The third-order valence-corrected chi connectivity index (χ3v) is 8.63. The molecule has 2 aromatic rings. The zero-order valence-electron chi connectivity index (χ0n) is 17.4. The second-order valence-corrected chi connectivity index (χ2v) is 11.5. The molecule has 31 heavy (non-hydrogen) atoms. The molecule has 2 fully saturated rings. The number of aryl methyl sites for hydroxylation is 2. The van der Waals surface area contributed by atoms with Gasteiger partial charge in [-0.1, -0.05) is 35.4 Å². The molecular formula is C22H26O7S2. The lowest BCUT2D eigenvalue weighted by Gasteiger charge is -2.27. The molecular weight excluding hydrogens is 440 g/mol. The molecule has 4 rings (SSSR count). The summed E-state index contributed by atoms with van der Waals surface area (Å²) in [5.41, 5.74) is 1.90. The molecule has 0 amide bonds. The Labute approximate surface area is 183 Å². The molecule has 2 aromatic carbocycles. The molecule has 2 aliphatic rings. The van der Waals surface area contributed by atoms with Gasteiger partial charge >= 0.3 is 0 Å². The van der Waals surface area contributed by atoms with Gasteiger partial charge in [-0.05, 0) is 51.0 Å². The first-order valence-corrected chi connectivity index (χ1v) is 13.0. The molecule has 168 valence electrons. The molecule has 0 aliphatic carbocycles. The Morgan fingerprint density at radius 2 is 1.06 bits per heavy atom. The van der Waals surface area contributed by atoms with E-state index in [1.807, 2.05) is 13.8 Å². The van der Waals surface area contributed by atoms with Gasteiger partial charge < -0.3 is 4.74 Å². The van der Waals surface area contributed by atoms with Gasteiger partial charge in [-0.15, -0.1) is 0 Å². The van der Waals surface area contributed by atoms with Crippen LogP contribution in [0.15, 0.2) is 58.3 Å². The van der Waals surface area contributed by atoms with Crippen molar-refractivity contribution in [1.82, 2.24) is 0 Å².